The maximum absolute atomic E-state index is 12.1. The highest BCUT2D eigenvalue weighted by molar-refractivity contribution is 7.15. The van der Waals surface area contributed by atoms with Gasteiger partial charge in [0.1, 0.15) is 0 Å². The largest absolute Gasteiger partial charge is 0.317 e. The molecule has 0 bridgehead atoms. The Bertz CT molecular complexity index is 711. The molecule has 2 fully saturated rings. The molecule has 2 aromatic heterocycles. The van der Waals surface area contributed by atoms with Crippen LogP contribution in [0.3, 0.4) is 0 Å². The van der Waals surface area contributed by atoms with E-state index in [0.29, 0.717) is 0 Å². The molecule has 23 heavy (non-hydrogen) atoms. The molecular formula is C17H24N4OS. The van der Waals surface area contributed by atoms with Gasteiger partial charge in [-0.25, -0.2) is 4.98 Å². The van der Waals surface area contributed by atoms with Crippen molar-refractivity contribution in [2.75, 3.05) is 26.2 Å². The van der Waals surface area contributed by atoms with E-state index in [2.05, 4.69) is 15.2 Å². The zero-order chi connectivity index (χ0) is 15.6. The number of hydrogen-bond acceptors (Lipinski definition) is 5. The molecule has 4 rings (SSSR count). The fourth-order valence-electron chi connectivity index (χ4n) is 4.10. The van der Waals surface area contributed by atoms with Crippen LogP contribution in [-0.2, 0) is 6.54 Å². The highest BCUT2D eigenvalue weighted by atomic mass is 32.1. The molecular weight excluding hydrogens is 308 g/mol. The van der Waals surface area contributed by atoms with Gasteiger partial charge in [-0.05, 0) is 63.7 Å². The van der Waals surface area contributed by atoms with Crippen molar-refractivity contribution in [1.82, 2.24) is 19.6 Å². The molecule has 0 atom stereocenters. The average molecular weight is 332 g/mol. The Morgan fingerprint density at radius 2 is 1.91 bits per heavy atom. The summed E-state index contributed by atoms with van der Waals surface area (Å²) in [6.07, 6.45) is 7.08. The molecule has 0 unspecified atom stereocenters. The number of aromatic nitrogens is 2. The van der Waals surface area contributed by atoms with E-state index < -0.39 is 0 Å². The molecule has 0 saturated carbocycles. The molecule has 1 N–H and O–H groups in total. The fraction of sp³-hybridized carbons (Fsp3) is 0.647. The molecule has 0 aromatic carbocycles. The van der Waals surface area contributed by atoms with Crippen LogP contribution in [0.1, 0.15) is 31.4 Å². The first kappa shape index (κ1) is 15.3. The Morgan fingerprint density at radius 1 is 1.17 bits per heavy atom. The summed E-state index contributed by atoms with van der Waals surface area (Å²) in [4.78, 5) is 20.0. The topological polar surface area (TPSA) is 49.6 Å². The Labute approximate surface area is 140 Å². The number of nitrogens with zero attached hydrogens (tertiary/aromatic N) is 3. The first-order chi connectivity index (χ1) is 11.3. The van der Waals surface area contributed by atoms with E-state index in [-0.39, 0.29) is 5.56 Å². The molecule has 0 spiro atoms. The van der Waals surface area contributed by atoms with Crippen molar-refractivity contribution in [2.24, 2.45) is 11.8 Å². The van der Waals surface area contributed by atoms with E-state index >= 15 is 0 Å². The monoisotopic (exact) mass is 332 g/mol. The van der Waals surface area contributed by atoms with Crippen molar-refractivity contribution in [1.29, 1.82) is 0 Å². The van der Waals surface area contributed by atoms with Gasteiger partial charge in [-0.15, -0.1) is 11.3 Å². The van der Waals surface area contributed by atoms with E-state index in [1.54, 1.807) is 16.7 Å². The summed E-state index contributed by atoms with van der Waals surface area (Å²) >= 11 is 1.52. The van der Waals surface area contributed by atoms with Gasteiger partial charge in [-0.2, -0.15) is 0 Å². The third kappa shape index (κ3) is 3.34. The summed E-state index contributed by atoms with van der Waals surface area (Å²) in [5.41, 5.74) is 0.952. The second kappa shape index (κ2) is 6.71. The number of thiazole rings is 1. The van der Waals surface area contributed by atoms with Crippen LogP contribution < -0.4 is 10.9 Å². The maximum atomic E-state index is 12.1. The first-order valence-corrected chi connectivity index (χ1v) is 9.56. The van der Waals surface area contributed by atoms with Gasteiger partial charge in [0.05, 0.1) is 5.69 Å². The summed E-state index contributed by atoms with van der Waals surface area (Å²) in [5, 5.41) is 5.38. The number of likely N-dealkylation sites (tertiary alicyclic amines) is 1. The summed E-state index contributed by atoms with van der Waals surface area (Å²) < 4.78 is 1.62. The molecule has 0 radical (unpaired) electrons. The Balaban J connectivity index is 1.37. The van der Waals surface area contributed by atoms with E-state index in [9.17, 15) is 4.79 Å². The molecule has 2 aromatic rings. The lowest BCUT2D eigenvalue weighted by atomic mass is 9.79. The third-order valence-electron chi connectivity index (χ3n) is 5.42. The lowest BCUT2D eigenvalue weighted by Gasteiger charge is -2.37. The minimum absolute atomic E-state index is 0.0378. The van der Waals surface area contributed by atoms with Crippen molar-refractivity contribution in [2.45, 2.75) is 32.2 Å². The minimum Gasteiger partial charge on any atom is -0.317 e. The van der Waals surface area contributed by atoms with Gasteiger partial charge < -0.3 is 5.32 Å². The molecule has 2 aliphatic rings. The van der Waals surface area contributed by atoms with E-state index in [1.807, 2.05) is 5.38 Å². The van der Waals surface area contributed by atoms with Crippen LogP contribution in [0, 0.1) is 11.8 Å². The van der Waals surface area contributed by atoms with Gasteiger partial charge in [-0.1, -0.05) is 0 Å². The standard InChI is InChI=1S/C17H24N4OS/c22-16-11-15(19-17-21(16)9-10-23-17)12-20-7-3-14(4-8-20)13-1-5-18-6-2-13/h9-11,13-14,18H,1-8,12H2. The Morgan fingerprint density at radius 3 is 2.70 bits per heavy atom. The maximum Gasteiger partial charge on any atom is 0.258 e. The summed E-state index contributed by atoms with van der Waals surface area (Å²) in [5.74, 6) is 1.82. The number of piperidine rings is 2. The quantitative estimate of drug-likeness (QED) is 0.934. The van der Waals surface area contributed by atoms with Gasteiger partial charge in [0.15, 0.2) is 4.96 Å². The number of rotatable bonds is 3. The molecule has 0 amide bonds. The summed E-state index contributed by atoms with van der Waals surface area (Å²) in [6, 6.07) is 1.69. The molecule has 6 heteroatoms. The minimum atomic E-state index is 0.0378. The number of nitrogens with one attached hydrogen (secondary N) is 1. The van der Waals surface area contributed by atoms with E-state index in [1.165, 1.54) is 50.1 Å². The molecule has 2 aliphatic heterocycles. The van der Waals surface area contributed by atoms with Gasteiger partial charge >= 0.3 is 0 Å². The van der Waals surface area contributed by atoms with Crippen LogP contribution in [0.5, 0.6) is 0 Å². The van der Waals surface area contributed by atoms with Crippen LogP contribution in [0.15, 0.2) is 22.4 Å². The highest BCUT2D eigenvalue weighted by Gasteiger charge is 2.27. The van der Waals surface area contributed by atoms with Crippen LogP contribution in [0.2, 0.25) is 0 Å². The van der Waals surface area contributed by atoms with Gasteiger partial charge in [0.25, 0.3) is 5.56 Å². The van der Waals surface area contributed by atoms with Crippen molar-refractivity contribution >= 4 is 16.3 Å². The normalized spacial score (nSPS) is 21.9. The zero-order valence-electron chi connectivity index (χ0n) is 13.4. The number of hydrogen-bond donors (Lipinski definition) is 1. The second-order valence-corrected chi connectivity index (χ2v) is 7.72. The number of fused-ring (bicyclic) bond motifs is 1. The molecule has 2 saturated heterocycles. The molecule has 124 valence electrons. The third-order valence-corrected chi connectivity index (χ3v) is 6.18. The Kier molecular flexibility index (Phi) is 4.46. The van der Waals surface area contributed by atoms with Gasteiger partial charge in [0, 0.05) is 24.2 Å². The molecule has 4 heterocycles. The summed E-state index contributed by atoms with van der Waals surface area (Å²) in [7, 11) is 0. The lowest BCUT2D eigenvalue weighted by Crippen LogP contribution is -2.39. The van der Waals surface area contributed by atoms with Gasteiger partial charge in [-0.3, -0.25) is 14.1 Å². The first-order valence-electron chi connectivity index (χ1n) is 8.68. The van der Waals surface area contributed by atoms with Crippen LogP contribution >= 0.6 is 11.3 Å². The molecule has 0 aliphatic carbocycles. The van der Waals surface area contributed by atoms with Crippen molar-refractivity contribution in [3.05, 3.63) is 33.7 Å². The van der Waals surface area contributed by atoms with Gasteiger partial charge in [0.2, 0.25) is 0 Å². The molecule has 5 nitrogen and oxygen atoms in total. The van der Waals surface area contributed by atoms with Crippen LogP contribution in [0.4, 0.5) is 0 Å². The predicted molar refractivity (Wildman–Crippen MR) is 92.9 cm³/mol. The van der Waals surface area contributed by atoms with E-state index in [0.717, 1.165) is 42.1 Å². The summed E-state index contributed by atoms with van der Waals surface area (Å²) in [6.45, 7) is 5.47. The zero-order valence-corrected chi connectivity index (χ0v) is 14.2. The fourth-order valence-corrected chi connectivity index (χ4v) is 4.83. The predicted octanol–water partition coefficient (Wildman–Crippen LogP) is 1.97. The van der Waals surface area contributed by atoms with Crippen LogP contribution in [-0.4, -0.2) is 40.5 Å². The van der Waals surface area contributed by atoms with Crippen molar-refractivity contribution in [3.8, 4) is 0 Å². The highest BCUT2D eigenvalue weighted by Crippen LogP contribution is 2.31. The van der Waals surface area contributed by atoms with Crippen molar-refractivity contribution < 1.29 is 0 Å². The average Bonchev–Trinajstić information content (AvgIpc) is 3.05. The van der Waals surface area contributed by atoms with Crippen LogP contribution in [0.25, 0.3) is 4.96 Å². The second-order valence-electron chi connectivity index (χ2n) is 6.84. The van der Waals surface area contributed by atoms with E-state index in [4.69, 9.17) is 0 Å². The Hall–Kier alpha value is -1.24. The lowest BCUT2D eigenvalue weighted by molar-refractivity contribution is 0.125. The van der Waals surface area contributed by atoms with Crippen molar-refractivity contribution in [3.63, 3.8) is 0 Å². The SMILES string of the molecule is O=c1cc(CN2CCC(C3CCNCC3)CC2)nc2sccn12. The smallest absolute Gasteiger partial charge is 0.258 e.